The maximum absolute atomic E-state index is 13.8. The fourth-order valence-electron chi connectivity index (χ4n) is 3.30. The Kier molecular flexibility index (Phi) is 4.60. The van der Waals surface area contributed by atoms with E-state index in [1.54, 1.807) is 29.2 Å². The van der Waals surface area contributed by atoms with Crippen molar-refractivity contribution in [1.29, 1.82) is 0 Å². The van der Waals surface area contributed by atoms with Crippen LogP contribution in [0.1, 0.15) is 17.9 Å². The van der Waals surface area contributed by atoms with Gasteiger partial charge in [0.2, 0.25) is 5.91 Å². The Morgan fingerprint density at radius 2 is 2.11 bits per heavy atom. The average molecular weight is 381 g/mol. The zero-order chi connectivity index (χ0) is 19.7. The summed E-state index contributed by atoms with van der Waals surface area (Å²) in [5, 5.41) is 11.0. The molecule has 1 amide bonds. The van der Waals surface area contributed by atoms with Gasteiger partial charge in [0.1, 0.15) is 5.82 Å². The molecule has 2 aromatic carbocycles. The first kappa shape index (κ1) is 17.8. The van der Waals surface area contributed by atoms with Gasteiger partial charge in [-0.05, 0) is 24.1 Å². The standard InChI is InChI=1S/C20H16FN3O4/c21-16-4-2-1-3-15(16)18-12-22-19(28-18)7-8-20(25)23-10-9-13-5-6-14(24(26)27)11-17(13)23/h1-6,11-12H,7-10H2. The molecule has 0 fully saturated rings. The molecular formula is C20H16FN3O4. The summed E-state index contributed by atoms with van der Waals surface area (Å²) in [7, 11) is 0. The summed E-state index contributed by atoms with van der Waals surface area (Å²) < 4.78 is 19.4. The molecule has 0 aliphatic carbocycles. The topological polar surface area (TPSA) is 89.5 Å². The van der Waals surface area contributed by atoms with Gasteiger partial charge in [-0.1, -0.05) is 18.2 Å². The fraction of sp³-hybridized carbons (Fsp3) is 0.200. The number of aryl methyl sites for hydroxylation is 1. The number of nitro groups is 1. The number of carbonyl (C=O) groups excluding carboxylic acids is 1. The summed E-state index contributed by atoms with van der Waals surface area (Å²) in [6.07, 6.45) is 2.50. The molecule has 0 spiro atoms. The zero-order valence-electron chi connectivity index (χ0n) is 14.8. The normalized spacial score (nSPS) is 12.8. The van der Waals surface area contributed by atoms with Gasteiger partial charge >= 0.3 is 0 Å². The van der Waals surface area contributed by atoms with Crippen LogP contribution in [0.3, 0.4) is 0 Å². The Labute approximate surface area is 159 Å². The number of hydrogen-bond acceptors (Lipinski definition) is 5. The highest BCUT2D eigenvalue weighted by molar-refractivity contribution is 5.95. The Morgan fingerprint density at radius 3 is 2.89 bits per heavy atom. The van der Waals surface area contributed by atoms with E-state index in [1.165, 1.54) is 24.4 Å². The predicted octanol–water partition coefficient (Wildman–Crippen LogP) is 3.91. The van der Waals surface area contributed by atoms with Crippen molar-refractivity contribution >= 4 is 17.3 Å². The molecule has 0 unspecified atom stereocenters. The van der Waals surface area contributed by atoms with Gasteiger partial charge in [0.05, 0.1) is 22.4 Å². The minimum absolute atomic E-state index is 0.0410. The lowest BCUT2D eigenvalue weighted by Gasteiger charge is -2.16. The third kappa shape index (κ3) is 3.36. The van der Waals surface area contributed by atoms with Gasteiger partial charge < -0.3 is 9.32 Å². The van der Waals surface area contributed by atoms with Crippen molar-refractivity contribution in [2.45, 2.75) is 19.3 Å². The van der Waals surface area contributed by atoms with E-state index in [2.05, 4.69) is 4.98 Å². The lowest BCUT2D eigenvalue weighted by atomic mass is 10.1. The van der Waals surface area contributed by atoms with Crippen LogP contribution in [0, 0.1) is 15.9 Å². The van der Waals surface area contributed by atoms with E-state index >= 15 is 0 Å². The highest BCUT2D eigenvalue weighted by Gasteiger charge is 2.26. The van der Waals surface area contributed by atoms with Crippen LogP contribution in [0.25, 0.3) is 11.3 Å². The number of nitro benzene ring substituents is 1. The molecule has 0 saturated heterocycles. The van der Waals surface area contributed by atoms with Gasteiger partial charge in [0.15, 0.2) is 11.7 Å². The number of halogens is 1. The molecule has 1 aliphatic rings. The molecule has 28 heavy (non-hydrogen) atoms. The molecule has 2 heterocycles. The van der Waals surface area contributed by atoms with E-state index in [0.29, 0.717) is 35.9 Å². The second-order valence-electron chi connectivity index (χ2n) is 6.46. The number of aromatic nitrogens is 1. The van der Waals surface area contributed by atoms with Gasteiger partial charge in [-0.25, -0.2) is 9.37 Å². The van der Waals surface area contributed by atoms with Gasteiger partial charge in [-0.3, -0.25) is 14.9 Å². The van der Waals surface area contributed by atoms with Crippen LogP contribution in [0.15, 0.2) is 53.1 Å². The number of anilines is 1. The molecule has 142 valence electrons. The van der Waals surface area contributed by atoms with Crippen molar-refractivity contribution in [3.05, 3.63) is 76.0 Å². The van der Waals surface area contributed by atoms with Crippen molar-refractivity contribution in [3.63, 3.8) is 0 Å². The van der Waals surface area contributed by atoms with E-state index in [0.717, 1.165) is 5.56 Å². The first-order valence-corrected chi connectivity index (χ1v) is 8.80. The van der Waals surface area contributed by atoms with Crippen LogP contribution in [0.2, 0.25) is 0 Å². The molecule has 0 atom stereocenters. The monoisotopic (exact) mass is 381 g/mol. The minimum atomic E-state index is -0.474. The first-order valence-electron chi connectivity index (χ1n) is 8.80. The lowest BCUT2D eigenvalue weighted by Crippen LogP contribution is -2.29. The maximum atomic E-state index is 13.8. The lowest BCUT2D eigenvalue weighted by molar-refractivity contribution is -0.384. The van der Waals surface area contributed by atoms with Crippen molar-refractivity contribution in [2.75, 3.05) is 11.4 Å². The number of hydrogen-bond donors (Lipinski definition) is 0. The summed E-state index contributed by atoms with van der Waals surface area (Å²) in [6, 6.07) is 10.8. The molecular weight excluding hydrogens is 365 g/mol. The molecule has 0 radical (unpaired) electrons. The number of carbonyl (C=O) groups is 1. The average Bonchev–Trinajstić information content (AvgIpc) is 3.33. The summed E-state index contributed by atoms with van der Waals surface area (Å²) in [5.74, 6) is 0.0780. The number of non-ortho nitro benzene ring substituents is 1. The van der Waals surface area contributed by atoms with Crippen LogP contribution < -0.4 is 4.90 Å². The second kappa shape index (κ2) is 7.22. The largest absolute Gasteiger partial charge is 0.441 e. The summed E-state index contributed by atoms with van der Waals surface area (Å²) in [4.78, 5) is 28.8. The van der Waals surface area contributed by atoms with Crippen LogP contribution in [0.5, 0.6) is 0 Å². The number of fused-ring (bicyclic) bond motifs is 1. The fourth-order valence-corrected chi connectivity index (χ4v) is 3.30. The third-order valence-electron chi connectivity index (χ3n) is 4.72. The zero-order valence-corrected chi connectivity index (χ0v) is 14.8. The van der Waals surface area contributed by atoms with Crippen molar-refractivity contribution in [2.24, 2.45) is 0 Å². The highest BCUT2D eigenvalue weighted by atomic mass is 19.1. The summed E-state index contributed by atoms with van der Waals surface area (Å²) in [6.45, 7) is 0.487. The smallest absolute Gasteiger partial charge is 0.271 e. The molecule has 1 aromatic heterocycles. The Bertz CT molecular complexity index is 1060. The van der Waals surface area contributed by atoms with Gasteiger partial charge in [-0.2, -0.15) is 0 Å². The van der Waals surface area contributed by atoms with Crippen LogP contribution in [0.4, 0.5) is 15.8 Å². The quantitative estimate of drug-likeness (QED) is 0.494. The van der Waals surface area contributed by atoms with E-state index in [1.807, 2.05) is 0 Å². The second-order valence-corrected chi connectivity index (χ2v) is 6.46. The number of amides is 1. The van der Waals surface area contributed by atoms with Crippen molar-refractivity contribution < 1.29 is 18.5 Å². The van der Waals surface area contributed by atoms with Crippen molar-refractivity contribution in [1.82, 2.24) is 4.98 Å². The van der Waals surface area contributed by atoms with Gasteiger partial charge in [0.25, 0.3) is 5.69 Å². The predicted molar refractivity (Wildman–Crippen MR) is 99.4 cm³/mol. The van der Waals surface area contributed by atoms with E-state index in [4.69, 9.17) is 4.42 Å². The van der Waals surface area contributed by atoms with Gasteiger partial charge in [-0.15, -0.1) is 0 Å². The van der Waals surface area contributed by atoms with Crippen LogP contribution in [-0.2, 0) is 17.6 Å². The first-order chi connectivity index (χ1) is 13.5. The number of oxazole rings is 1. The van der Waals surface area contributed by atoms with E-state index in [-0.39, 0.29) is 24.4 Å². The minimum Gasteiger partial charge on any atom is -0.441 e. The van der Waals surface area contributed by atoms with E-state index in [9.17, 15) is 19.3 Å². The molecule has 3 aromatic rings. The van der Waals surface area contributed by atoms with Crippen LogP contribution >= 0.6 is 0 Å². The number of rotatable bonds is 5. The molecule has 1 aliphatic heterocycles. The molecule has 7 nitrogen and oxygen atoms in total. The number of nitrogens with zero attached hydrogens (tertiary/aromatic N) is 3. The number of benzene rings is 2. The Hall–Kier alpha value is -3.55. The van der Waals surface area contributed by atoms with Crippen molar-refractivity contribution in [3.8, 4) is 11.3 Å². The molecule has 4 rings (SSSR count). The summed E-state index contributed by atoms with van der Waals surface area (Å²) in [5.41, 5.74) is 1.77. The molecule has 0 N–H and O–H groups in total. The summed E-state index contributed by atoms with van der Waals surface area (Å²) >= 11 is 0. The molecule has 8 heteroatoms. The maximum Gasteiger partial charge on any atom is 0.271 e. The Balaban J connectivity index is 1.45. The van der Waals surface area contributed by atoms with E-state index < -0.39 is 10.7 Å². The SMILES string of the molecule is O=C(CCc1ncc(-c2ccccc2F)o1)N1CCc2ccc([N+](=O)[O-])cc21. The van der Waals surface area contributed by atoms with Gasteiger partial charge in [0, 0.05) is 31.5 Å². The molecule has 0 saturated carbocycles. The third-order valence-corrected chi connectivity index (χ3v) is 4.72. The highest BCUT2D eigenvalue weighted by Crippen LogP contribution is 2.32. The van der Waals surface area contributed by atoms with Crippen LogP contribution in [-0.4, -0.2) is 22.4 Å². The molecule has 0 bridgehead atoms. The Morgan fingerprint density at radius 1 is 1.29 bits per heavy atom.